The van der Waals surface area contributed by atoms with Gasteiger partial charge in [0, 0.05) is 17.6 Å². The van der Waals surface area contributed by atoms with Crippen LogP contribution < -0.4 is 0 Å². The van der Waals surface area contributed by atoms with Gasteiger partial charge in [0.1, 0.15) is 5.82 Å². The zero-order valence-corrected chi connectivity index (χ0v) is 14.8. The highest BCUT2D eigenvalue weighted by Crippen LogP contribution is 2.30. The Morgan fingerprint density at radius 1 is 1.29 bits per heavy atom. The van der Waals surface area contributed by atoms with Crippen molar-refractivity contribution in [2.75, 3.05) is 13.1 Å². The van der Waals surface area contributed by atoms with Gasteiger partial charge in [0.25, 0.3) is 0 Å². The lowest BCUT2D eigenvalue weighted by atomic mass is 9.89. The van der Waals surface area contributed by atoms with Crippen molar-refractivity contribution in [1.29, 1.82) is 0 Å². The molecular weight excluding hydrogens is 357 g/mol. The highest BCUT2D eigenvalue weighted by Gasteiger charge is 2.29. The largest absolute Gasteiger partial charge is 0.244 e. The standard InChI is InChI=1S/C15H21BrFNO2S/c1-11(2)12-4-3-8-18(9-7-12)21(19,20)15-6-5-13(17)10-14(15)16/h5-6,10-12H,3-4,7-9H2,1-2H3. The summed E-state index contributed by atoms with van der Waals surface area (Å²) in [6, 6.07) is 3.72. The summed E-state index contributed by atoms with van der Waals surface area (Å²) in [4.78, 5) is 0.145. The van der Waals surface area contributed by atoms with Crippen LogP contribution in [0.15, 0.2) is 27.6 Å². The third-order valence-corrected chi connectivity index (χ3v) is 7.06. The lowest BCUT2D eigenvalue weighted by Gasteiger charge is -2.21. The molecule has 1 atom stereocenters. The lowest BCUT2D eigenvalue weighted by molar-refractivity contribution is 0.340. The predicted octanol–water partition coefficient (Wildman–Crippen LogP) is 4.04. The van der Waals surface area contributed by atoms with Crippen LogP contribution in [-0.2, 0) is 10.0 Å². The minimum Gasteiger partial charge on any atom is -0.207 e. The van der Waals surface area contributed by atoms with E-state index in [0.717, 1.165) is 19.3 Å². The van der Waals surface area contributed by atoms with Gasteiger partial charge >= 0.3 is 0 Å². The van der Waals surface area contributed by atoms with Crippen LogP contribution in [0.3, 0.4) is 0 Å². The first kappa shape index (κ1) is 16.9. The molecule has 0 aromatic heterocycles. The second kappa shape index (κ2) is 6.75. The van der Waals surface area contributed by atoms with E-state index in [0.29, 0.717) is 24.9 Å². The predicted molar refractivity (Wildman–Crippen MR) is 85.0 cm³/mol. The third-order valence-electron chi connectivity index (χ3n) is 4.19. The molecule has 0 N–H and O–H groups in total. The maximum absolute atomic E-state index is 13.1. The van der Waals surface area contributed by atoms with Crippen LogP contribution in [0.4, 0.5) is 4.39 Å². The van der Waals surface area contributed by atoms with Gasteiger partial charge < -0.3 is 0 Å². The van der Waals surface area contributed by atoms with Gasteiger partial charge in [0.05, 0.1) is 4.90 Å². The Balaban J connectivity index is 2.23. The van der Waals surface area contributed by atoms with E-state index in [1.807, 2.05) is 0 Å². The van der Waals surface area contributed by atoms with E-state index in [1.165, 1.54) is 22.5 Å². The van der Waals surface area contributed by atoms with Gasteiger partial charge in [0.15, 0.2) is 0 Å². The maximum Gasteiger partial charge on any atom is 0.244 e. The third kappa shape index (κ3) is 3.85. The molecule has 1 aromatic carbocycles. The summed E-state index contributed by atoms with van der Waals surface area (Å²) in [5.74, 6) is 0.698. The van der Waals surface area contributed by atoms with Crippen LogP contribution in [0.2, 0.25) is 0 Å². The van der Waals surface area contributed by atoms with Crippen LogP contribution in [0.5, 0.6) is 0 Å². The zero-order chi connectivity index (χ0) is 15.6. The van der Waals surface area contributed by atoms with Gasteiger partial charge in [-0.3, -0.25) is 0 Å². The fraction of sp³-hybridized carbons (Fsp3) is 0.600. The Morgan fingerprint density at radius 3 is 2.62 bits per heavy atom. The van der Waals surface area contributed by atoms with E-state index in [1.54, 1.807) is 0 Å². The highest BCUT2D eigenvalue weighted by atomic mass is 79.9. The summed E-state index contributed by atoms with van der Waals surface area (Å²) in [5.41, 5.74) is 0. The molecule has 0 aliphatic carbocycles. The van der Waals surface area contributed by atoms with Gasteiger partial charge in [0.2, 0.25) is 10.0 Å². The number of hydrogen-bond acceptors (Lipinski definition) is 2. The molecule has 6 heteroatoms. The Kier molecular flexibility index (Phi) is 5.43. The van der Waals surface area contributed by atoms with Crippen LogP contribution in [-0.4, -0.2) is 25.8 Å². The monoisotopic (exact) mass is 377 g/mol. The van der Waals surface area contributed by atoms with E-state index < -0.39 is 15.8 Å². The first-order valence-corrected chi connectivity index (χ1v) is 9.51. The molecule has 0 bridgehead atoms. The Labute approximate surface area is 134 Å². The topological polar surface area (TPSA) is 37.4 Å². The van der Waals surface area contributed by atoms with Crippen LogP contribution >= 0.6 is 15.9 Å². The normalized spacial score (nSPS) is 21.5. The first-order chi connectivity index (χ1) is 9.82. The molecule has 3 nitrogen and oxygen atoms in total. The summed E-state index contributed by atoms with van der Waals surface area (Å²) in [7, 11) is -3.56. The van der Waals surface area contributed by atoms with E-state index in [2.05, 4.69) is 29.8 Å². The van der Waals surface area contributed by atoms with Crippen LogP contribution in [0.1, 0.15) is 33.1 Å². The fourth-order valence-electron chi connectivity index (χ4n) is 2.83. The van der Waals surface area contributed by atoms with E-state index >= 15 is 0 Å². The Bertz CT molecular complexity index is 604. The second-order valence-electron chi connectivity index (χ2n) is 5.91. The average molecular weight is 378 g/mol. The summed E-state index contributed by atoms with van der Waals surface area (Å²) in [6.07, 6.45) is 2.82. The molecule has 1 saturated heterocycles. The van der Waals surface area contributed by atoms with Crippen molar-refractivity contribution in [2.45, 2.75) is 38.0 Å². The van der Waals surface area contributed by atoms with Crippen molar-refractivity contribution in [1.82, 2.24) is 4.31 Å². The number of rotatable bonds is 3. The molecule has 1 aliphatic rings. The first-order valence-electron chi connectivity index (χ1n) is 7.27. The minimum absolute atomic E-state index is 0.145. The molecule has 0 spiro atoms. The smallest absolute Gasteiger partial charge is 0.207 e. The maximum atomic E-state index is 13.1. The molecule has 1 heterocycles. The SMILES string of the molecule is CC(C)C1CCCN(S(=O)(=O)c2ccc(F)cc2Br)CC1. The zero-order valence-electron chi connectivity index (χ0n) is 12.4. The van der Waals surface area contributed by atoms with Gasteiger partial charge in [-0.1, -0.05) is 13.8 Å². The van der Waals surface area contributed by atoms with Crippen LogP contribution in [0.25, 0.3) is 0 Å². The Morgan fingerprint density at radius 2 is 2.00 bits per heavy atom. The second-order valence-corrected chi connectivity index (χ2v) is 8.67. The van der Waals surface area contributed by atoms with Gasteiger partial charge in [-0.2, -0.15) is 4.31 Å². The quantitative estimate of drug-likeness (QED) is 0.796. The van der Waals surface area contributed by atoms with E-state index in [4.69, 9.17) is 0 Å². The van der Waals surface area contributed by atoms with Crippen molar-refractivity contribution < 1.29 is 12.8 Å². The molecule has 118 valence electrons. The summed E-state index contributed by atoms with van der Waals surface area (Å²) in [6.45, 7) is 5.45. The van der Waals surface area contributed by atoms with Gasteiger partial charge in [-0.15, -0.1) is 0 Å². The number of halogens is 2. The van der Waals surface area contributed by atoms with E-state index in [-0.39, 0.29) is 9.37 Å². The lowest BCUT2D eigenvalue weighted by Crippen LogP contribution is -2.32. The molecular formula is C15H21BrFNO2S. The summed E-state index contributed by atoms with van der Waals surface area (Å²) in [5, 5.41) is 0. The molecule has 1 fully saturated rings. The molecule has 0 saturated carbocycles. The number of hydrogen-bond donors (Lipinski definition) is 0. The Hall–Kier alpha value is -0.460. The summed E-state index contributed by atoms with van der Waals surface area (Å²) >= 11 is 3.16. The van der Waals surface area contributed by atoms with Crippen molar-refractivity contribution in [3.8, 4) is 0 Å². The number of benzene rings is 1. The van der Waals surface area contributed by atoms with Crippen molar-refractivity contribution in [3.63, 3.8) is 0 Å². The number of nitrogens with zero attached hydrogens (tertiary/aromatic N) is 1. The van der Waals surface area contributed by atoms with Gasteiger partial charge in [-0.25, -0.2) is 12.8 Å². The molecule has 1 aromatic rings. The molecule has 0 radical (unpaired) electrons. The minimum atomic E-state index is -3.56. The number of sulfonamides is 1. The van der Waals surface area contributed by atoms with Crippen LogP contribution in [0, 0.1) is 17.7 Å². The van der Waals surface area contributed by atoms with Crippen molar-refractivity contribution in [3.05, 3.63) is 28.5 Å². The highest BCUT2D eigenvalue weighted by molar-refractivity contribution is 9.10. The van der Waals surface area contributed by atoms with Crippen molar-refractivity contribution in [2.24, 2.45) is 11.8 Å². The van der Waals surface area contributed by atoms with Crippen molar-refractivity contribution >= 4 is 26.0 Å². The molecule has 1 unspecified atom stereocenters. The van der Waals surface area contributed by atoms with E-state index in [9.17, 15) is 12.8 Å². The molecule has 1 aliphatic heterocycles. The average Bonchev–Trinajstić information content (AvgIpc) is 2.64. The molecule has 0 amide bonds. The molecule has 21 heavy (non-hydrogen) atoms. The van der Waals surface area contributed by atoms with Gasteiger partial charge in [-0.05, 0) is 65.2 Å². The summed E-state index contributed by atoms with van der Waals surface area (Å²) < 4.78 is 40.4. The molecule has 2 rings (SSSR count). The fourth-order valence-corrected chi connectivity index (χ4v) is 5.33.